The van der Waals surface area contributed by atoms with Gasteiger partial charge < -0.3 is 15.5 Å². The van der Waals surface area contributed by atoms with Crippen molar-refractivity contribution in [3.63, 3.8) is 0 Å². The van der Waals surface area contributed by atoms with E-state index < -0.39 is 33.1 Å². The van der Waals surface area contributed by atoms with Gasteiger partial charge in [-0.15, -0.1) is 12.4 Å². The van der Waals surface area contributed by atoms with Gasteiger partial charge in [-0.25, -0.2) is 23.1 Å². The molecular formula is C34H37ClN6O6S2. The van der Waals surface area contributed by atoms with Crippen molar-refractivity contribution < 1.29 is 27.6 Å². The van der Waals surface area contributed by atoms with E-state index in [0.717, 1.165) is 11.1 Å². The molecule has 0 bridgehead atoms. The topological polar surface area (TPSA) is 173 Å². The van der Waals surface area contributed by atoms with E-state index in [9.17, 15) is 27.6 Å². The van der Waals surface area contributed by atoms with Gasteiger partial charge in [0.05, 0.1) is 22.8 Å². The summed E-state index contributed by atoms with van der Waals surface area (Å²) in [5.74, 6) is -0.651. The van der Waals surface area contributed by atoms with E-state index in [1.165, 1.54) is 24.1 Å². The number of amides is 1. The Morgan fingerprint density at radius 1 is 0.980 bits per heavy atom. The van der Waals surface area contributed by atoms with Gasteiger partial charge in [-0.3, -0.25) is 19.2 Å². The number of aromatic nitrogens is 2. The summed E-state index contributed by atoms with van der Waals surface area (Å²) < 4.78 is 29.0. The molecule has 3 aromatic carbocycles. The van der Waals surface area contributed by atoms with E-state index in [2.05, 4.69) is 14.7 Å². The average Bonchev–Trinajstić information content (AvgIpc) is 3.06. The number of carbonyl (C=O) groups is 4. The predicted octanol–water partition coefficient (Wildman–Crippen LogP) is 4.67. The molecule has 0 fully saturated rings. The van der Waals surface area contributed by atoms with Crippen molar-refractivity contribution in [2.24, 2.45) is 0 Å². The maximum atomic E-state index is 13.6. The Morgan fingerprint density at radius 2 is 1.65 bits per heavy atom. The number of ketones is 2. The van der Waals surface area contributed by atoms with Crippen molar-refractivity contribution in [2.75, 3.05) is 31.3 Å². The fourth-order valence-electron chi connectivity index (χ4n) is 4.88. The molecule has 0 aliphatic carbocycles. The van der Waals surface area contributed by atoms with Gasteiger partial charge in [-0.05, 0) is 37.7 Å². The summed E-state index contributed by atoms with van der Waals surface area (Å²) in [5, 5.41) is 0.822. The summed E-state index contributed by atoms with van der Waals surface area (Å²) in [6, 6.07) is 18.6. The summed E-state index contributed by atoms with van der Waals surface area (Å²) in [5.41, 5.74) is 7.74. The van der Waals surface area contributed by atoms with E-state index in [1.807, 2.05) is 31.1 Å². The maximum absolute atomic E-state index is 13.6. The van der Waals surface area contributed by atoms with Crippen LogP contribution in [0.15, 0.2) is 88.4 Å². The van der Waals surface area contributed by atoms with E-state index in [0.29, 0.717) is 40.5 Å². The lowest BCUT2D eigenvalue weighted by atomic mass is 10.1. The number of hydrogen-bond donors (Lipinski definition) is 2. The lowest BCUT2D eigenvalue weighted by Gasteiger charge is -2.21. The number of thioether (sulfide) groups is 1. The molecule has 1 aromatic heterocycles. The highest BCUT2D eigenvalue weighted by atomic mass is 35.5. The third-order valence-corrected chi connectivity index (χ3v) is 10.1. The van der Waals surface area contributed by atoms with Gasteiger partial charge in [0.25, 0.3) is 0 Å². The number of aryl methyl sites for hydroxylation is 1. The number of halogens is 1. The van der Waals surface area contributed by atoms with Crippen molar-refractivity contribution in [3.05, 3.63) is 100 Å². The number of benzene rings is 3. The Morgan fingerprint density at radius 3 is 2.31 bits per heavy atom. The highest BCUT2D eigenvalue weighted by molar-refractivity contribution is 8.18. The molecule has 12 nitrogen and oxygen atoms in total. The quantitative estimate of drug-likeness (QED) is 0.0991. The zero-order valence-electron chi connectivity index (χ0n) is 27.4. The maximum Gasteiger partial charge on any atom is 0.241 e. The second-order valence-corrected chi connectivity index (χ2v) is 13.8. The standard InChI is InChI=1S/C34H36N6O6S2.ClH/c1-22(40(21-41)20-25-19-36-23(2)38-33(25)35)32(47-34(44)24-10-6-5-7-11-24)30(43)18-26(42)16-17-37-48(45,46)31-15-9-12-27-28(31)13-8-14-29(27)39(3)4;/h5-15,19,21,37H,16-18,20H2,1-4H3,(H2,35,36,38);1H. The van der Waals surface area contributed by atoms with Crippen LogP contribution in [0.3, 0.4) is 0 Å². The van der Waals surface area contributed by atoms with Crippen LogP contribution in [0.5, 0.6) is 0 Å². The van der Waals surface area contributed by atoms with Crippen LogP contribution >= 0.6 is 24.2 Å². The van der Waals surface area contributed by atoms with E-state index in [-0.39, 0.29) is 53.2 Å². The van der Waals surface area contributed by atoms with Crippen molar-refractivity contribution in [1.29, 1.82) is 0 Å². The van der Waals surface area contributed by atoms with Crippen LogP contribution in [0, 0.1) is 6.92 Å². The average molecular weight is 725 g/mol. The molecule has 1 heterocycles. The molecule has 0 aliphatic rings. The Balaban J connectivity index is 0.00000650. The second kappa shape index (κ2) is 17.2. The molecule has 15 heteroatoms. The van der Waals surface area contributed by atoms with Crippen LogP contribution in [0.1, 0.15) is 41.5 Å². The number of Topliss-reactive ketones (excluding diaryl/α,β-unsaturated/α-hetero) is 2. The summed E-state index contributed by atoms with van der Waals surface area (Å²) in [6.45, 7) is 2.82. The highest BCUT2D eigenvalue weighted by Gasteiger charge is 2.25. The first kappa shape index (κ1) is 38.8. The Hall–Kier alpha value is -4.63. The first-order chi connectivity index (χ1) is 22.8. The van der Waals surface area contributed by atoms with Gasteiger partial charge in [-0.1, -0.05) is 54.6 Å². The van der Waals surface area contributed by atoms with Crippen molar-refractivity contribution in [1.82, 2.24) is 19.6 Å². The Labute approximate surface area is 295 Å². The summed E-state index contributed by atoms with van der Waals surface area (Å²) in [4.78, 5) is 63.2. The van der Waals surface area contributed by atoms with Crippen LogP contribution in [0.2, 0.25) is 0 Å². The Bertz CT molecular complexity index is 2010. The van der Waals surface area contributed by atoms with Gasteiger partial charge in [0, 0.05) is 66.5 Å². The molecular weight excluding hydrogens is 688 g/mol. The molecule has 0 saturated carbocycles. The number of nitrogens with zero attached hydrogens (tertiary/aromatic N) is 4. The minimum atomic E-state index is -4.01. The molecule has 3 N–H and O–H groups in total. The first-order valence-corrected chi connectivity index (χ1v) is 17.1. The molecule has 49 heavy (non-hydrogen) atoms. The number of anilines is 2. The van der Waals surface area contributed by atoms with Gasteiger partial charge in [0.1, 0.15) is 17.4 Å². The van der Waals surface area contributed by atoms with Crippen LogP contribution in [-0.2, 0) is 31.0 Å². The smallest absolute Gasteiger partial charge is 0.241 e. The minimum absolute atomic E-state index is 0. The summed E-state index contributed by atoms with van der Waals surface area (Å²) in [7, 11) is -0.279. The monoisotopic (exact) mass is 724 g/mol. The second-order valence-electron chi connectivity index (χ2n) is 11.0. The van der Waals surface area contributed by atoms with Gasteiger partial charge in [-0.2, -0.15) is 0 Å². The fourth-order valence-corrected chi connectivity index (χ4v) is 7.02. The number of rotatable bonds is 15. The zero-order chi connectivity index (χ0) is 35.0. The molecule has 0 unspecified atom stereocenters. The van der Waals surface area contributed by atoms with Crippen molar-refractivity contribution in [3.8, 4) is 0 Å². The van der Waals surface area contributed by atoms with Crippen LogP contribution < -0.4 is 15.4 Å². The van der Waals surface area contributed by atoms with Gasteiger partial charge >= 0.3 is 0 Å². The molecule has 4 aromatic rings. The number of nitrogen functional groups attached to an aromatic ring is 1. The van der Waals surface area contributed by atoms with E-state index in [4.69, 9.17) is 5.73 Å². The van der Waals surface area contributed by atoms with E-state index in [1.54, 1.807) is 55.5 Å². The molecule has 4 rings (SSSR count). The fraction of sp³-hybridized carbons (Fsp3) is 0.235. The minimum Gasteiger partial charge on any atom is -0.383 e. The van der Waals surface area contributed by atoms with Crippen LogP contribution in [-0.4, -0.2) is 67.0 Å². The lowest BCUT2D eigenvalue weighted by Crippen LogP contribution is -2.27. The molecule has 0 radical (unpaired) electrons. The summed E-state index contributed by atoms with van der Waals surface area (Å²) in [6.07, 6.45) is 1.05. The zero-order valence-corrected chi connectivity index (χ0v) is 29.8. The molecule has 1 amide bonds. The SMILES string of the molecule is CC(=C(SC(=O)c1ccccc1)C(=O)CC(=O)CCNS(=O)(=O)c1cccc2c(N(C)C)cccc12)N(C=O)Cc1cnc(C)nc1N.Cl. The third-order valence-electron chi connectivity index (χ3n) is 7.39. The molecule has 0 atom stereocenters. The number of hydrogen-bond acceptors (Lipinski definition) is 11. The van der Waals surface area contributed by atoms with Gasteiger partial charge in [0.2, 0.25) is 21.5 Å². The van der Waals surface area contributed by atoms with E-state index >= 15 is 0 Å². The molecule has 0 spiro atoms. The first-order valence-electron chi connectivity index (χ1n) is 14.8. The predicted molar refractivity (Wildman–Crippen MR) is 194 cm³/mol. The van der Waals surface area contributed by atoms with Gasteiger partial charge in [0.15, 0.2) is 5.78 Å². The summed E-state index contributed by atoms with van der Waals surface area (Å²) >= 11 is 0.607. The number of nitrogens with one attached hydrogen (secondary N) is 1. The molecule has 258 valence electrons. The number of carbonyl (C=O) groups excluding carboxylic acids is 4. The highest BCUT2D eigenvalue weighted by Crippen LogP contribution is 2.31. The third kappa shape index (κ3) is 9.72. The number of nitrogens with two attached hydrogens (primary N) is 1. The molecule has 0 aliphatic heterocycles. The number of fused-ring (bicyclic) bond motifs is 1. The normalized spacial score (nSPS) is 11.7. The van der Waals surface area contributed by atoms with Crippen molar-refractivity contribution >= 4 is 79.6 Å². The lowest BCUT2D eigenvalue weighted by molar-refractivity contribution is -0.124. The number of allylic oxidation sites excluding steroid dienone is 2. The number of sulfonamides is 1. The Kier molecular flexibility index (Phi) is 13.6. The van der Waals surface area contributed by atoms with Crippen LogP contribution in [0.25, 0.3) is 10.8 Å². The largest absolute Gasteiger partial charge is 0.383 e. The van der Waals surface area contributed by atoms with Crippen molar-refractivity contribution in [2.45, 2.75) is 38.1 Å². The molecule has 0 saturated heterocycles. The van der Waals surface area contributed by atoms with Crippen LogP contribution in [0.4, 0.5) is 11.5 Å².